The number of halogens is 1. The predicted octanol–water partition coefficient (Wildman–Crippen LogP) is 2.81. The van der Waals surface area contributed by atoms with Crippen molar-refractivity contribution in [2.45, 2.75) is 25.3 Å². The van der Waals surface area contributed by atoms with Crippen molar-refractivity contribution in [2.24, 2.45) is 13.0 Å². The third kappa shape index (κ3) is 2.34. The lowest BCUT2D eigenvalue weighted by molar-refractivity contribution is -0.134. The Labute approximate surface area is 133 Å². The van der Waals surface area contributed by atoms with Crippen LogP contribution in [0.5, 0.6) is 0 Å². The van der Waals surface area contributed by atoms with Gasteiger partial charge in [-0.3, -0.25) is 0 Å². The number of nitrogens with one attached hydrogen (secondary N) is 1. The molecular weight excluding hydrogens is 297 g/mol. The van der Waals surface area contributed by atoms with E-state index in [2.05, 4.69) is 12.2 Å². The lowest BCUT2D eigenvalue weighted by Gasteiger charge is -2.47. The molecule has 23 heavy (non-hydrogen) atoms. The fourth-order valence-electron chi connectivity index (χ4n) is 3.44. The topological polar surface area (TPSA) is 67.2 Å². The Kier molecular flexibility index (Phi) is 3.72. The molecule has 0 aliphatic heterocycles. The van der Waals surface area contributed by atoms with Gasteiger partial charge in [0.15, 0.2) is 0 Å². The summed E-state index contributed by atoms with van der Waals surface area (Å²) in [5.41, 5.74) is 2.06. The van der Waals surface area contributed by atoms with Gasteiger partial charge in [0.2, 0.25) is 5.83 Å². The molecule has 0 saturated heterocycles. The molecule has 1 aliphatic carbocycles. The summed E-state index contributed by atoms with van der Waals surface area (Å²) in [6.45, 7) is 2.20. The molecule has 0 radical (unpaired) electrons. The van der Waals surface area contributed by atoms with Gasteiger partial charge in [-0.05, 0) is 49.6 Å². The van der Waals surface area contributed by atoms with Gasteiger partial charge in [0.1, 0.15) is 5.82 Å². The van der Waals surface area contributed by atoms with Gasteiger partial charge in [-0.1, -0.05) is 13.0 Å². The van der Waals surface area contributed by atoms with Crippen molar-refractivity contribution in [2.75, 3.05) is 7.05 Å². The van der Waals surface area contributed by atoms with Crippen LogP contribution in [0.25, 0.3) is 17.1 Å². The smallest absolute Gasteiger partial charge is 0.364 e. The van der Waals surface area contributed by atoms with Crippen LogP contribution >= 0.6 is 0 Å². The summed E-state index contributed by atoms with van der Waals surface area (Å²) < 4.78 is 15.3. The average molecular weight is 317 g/mol. The van der Waals surface area contributed by atoms with Gasteiger partial charge in [-0.25, -0.2) is 9.78 Å². The Bertz CT molecular complexity index is 808. The van der Waals surface area contributed by atoms with Crippen LogP contribution in [0.4, 0.5) is 4.39 Å². The zero-order valence-corrected chi connectivity index (χ0v) is 13.4. The second-order valence-corrected chi connectivity index (χ2v) is 6.20. The molecule has 1 saturated carbocycles. The van der Waals surface area contributed by atoms with Crippen molar-refractivity contribution < 1.29 is 14.3 Å². The van der Waals surface area contributed by atoms with Gasteiger partial charge in [0.05, 0.1) is 16.6 Å². The van der Waals surface area contributed by atoms with Crippen LogP contribution in [0.15, 0.2) is 24.0 Å². The number of hydrogen-bond acceptors (Lipinski definition) is 3. The minimum absolute atomic E-state index is 0.129. The van der Waals surface area contributed by atoms with E-state index in [0.29, 0.717) is 11.5 Å². The minimum Gasteiger partial charge on any atom is -0.476 e. The number of aliphatic carboxylic acids is 1. The summed E-state index contributed by atoms with van der Waals surface area (Å²) in [5.74, 6) is -1.28. The number of nitrogens with zero attached hydrogens (tertiary/aromatic N) is 2. The Morgan fingerprint density at radius 3 is 2.83 bits per heavy atom. The van der Waals surface area contributed by atoms with E-state index < -0.39 is 11.8 Å². The number of imidazole rings is 1. The van der Waals surface area contributed by atoms with Gasteiger partial charge in [0, 0.05) is 7.05 Å². The maximum Gasteiger partial charge on any atom is 0.364 e. The molecule has 0 amide bonds. The van der Waals surface area contributed by atoms with Gasteiger partial charge in [0.25, 0.3) is 0 Å². The molecule has 2 atom stereocenters. The zero-order chi connectivity index (χ0) is 16.8. The molecule has 1 unspecified atom stereocenters. The number of carboxylic acids is 1. The Morgan fingerprint density at radius 1 is 1.57 bits per heavy atom. The Hall–Kier alpha value is -2.21. The lowest BCUT2D eigenvalue weighted by atomic mass is 9.67. The van der Waals surface area contributed by atoms with E-state index in [1.54, 1.807) is 18.2 Å². The highest BCUT2D eigenvalue weighted by molar-refractivity contribution is 5.90. The molecule has 2 aromatic rings. The molecule has 0 bridgehead atoms. The third-order valence-corrected chi connectivity index (χ3v) is 5.06. The maximum atomic E-state index is 13.3. The van der Waals surface area contributed by atoms with E-state index in [1.807, 2.05) is 18.7 Å². The molecule has 5 nitrogen and oxygen atoms in total. The second kappa shape index (κ2) is 5.45. The minimum atomic E-state index is -1.56. The molecule has 0 spiro atoms. The van der Waals surface area contributed by atoms with Crippen LogP contribution in [0.2, 0.25) is 0 Å². The van der Waals surface area contributed by atoms with E-state index >= 15 is 0 Å². The normalized spacial score (nSPS) is 24.7. The fraction of sp³-hybridized carbons (Fsp3) is 0.412. The highest BCUT2D eigenvalue weighted by atomic mass is 19.1. The van der Waals surface area contributed by atoms with E-state index in [1.165, 1.54) is 0 Å². The first kappa shape index (κ1) is 15.7. The van der Waals surface area contributed by atoms with Crippen molar-refractivity contribution in [1.82, 2.24) is 14.9 Å². The molecule has 1 heterocycles. The number of carbonyl (C=O) groups is 1. The molecule has 1 aromatic heterocycles. The van der Waals surface area contributed by atoms with Crippen LogP contribution in [-0.4, -0.2) is 27.7 Å². The summed E-state index contributed by atoms with van der Waals surface area (Å²) in [6, 6.07) is 5.24. The molecule has 6 heteroatoms. The molecule has 122 valence electrons. The van der Waals surface area contributed by atoms with Crippen LogP contribution in [0.3, 0.4) is 0 Å². The van der Waals surface area contributed by atoms with Crippen LogP contribution < -0.4 is 5.32 Å². The number of carboxylic acid groups (broad SMARTS) is 1. The van der Waals surface area contributed by atoms with Gasteiger partial charge in [-0.2, -0.15) is 4.39 Å². The first-order chi connectivity index (χ1) is 10.9. The van der Waals surface area contributed by atoms with E-state index in [-0.39, 0.29) is 5.54 Å². The first-order valence-electron chi connectivity index (χ1n) is 7.65. The molecule has 2 N–H and O–H groups in total. The van der Waals surface area contributed by atoms with Crippen LogP contribution in [-0.2, 0) is 17.4 Å². The molecule has 3 rings (SSSR count). The van der Waals surface area contributed by atoms with Crippen molar-refractivity contribution in [1.29, 1.82) is 0 Å². The lowest BCUT2D eigenvalue weighted by Crippen LogP contribution is -2.54. The average Bonchev–Trinajstić information content (AvgIpc) is 2.84. The predicted molar refractivity (Wildman–Crippen MR) is 86.6 cm³/mol. The monoisotopic (exact) mass is 317 g/mol. The molecule has 1 fully saturated rings. The SMILES string of the molecule is CNC1(c2nc3ccc(/C=C(\F)C(=O)O)cc3n2C)CC[C@H]1C. The van der Waals surface area contributed by atoms with Crippen LogP contribution in [0.1, 0.15) is 31.2 Å². The first-order valence-corrected chi connectivity index (χ1v) is 7.65. The molecule has 1 aliphatic rings. The molecule has 1 aromatic carbocycles. The van der Waals surface area contributed by atoms with Gasteiger partial charge >= 0.3 is 5.97 Å². The quantitative estimate of drug-likeness (QED) is 0.851. The summed E-state index contributed by atoms with van der Waals surface area (Å²) in [6.07, 6.45) is 3.21. The number of rotatable bonds is 4. The summed E-state index contributed by atoms with van der Waals surface area (Å²) in [5, 5.41) is 12.1. The number of fused-ring (bicyclic) bond motifs is 1. The Balaban J connectivity index is 2.10. The van der Waals surface area contributed by atoms with Crippen molar-refractivity contribution in [3.8, 4) is 0 Å². The summed E-state index contributed by atoms with van der Waals surface area (Å²) in [7, 11) is 3.89. The third-order valence-electron chi connectivity index (χ3n) is 5.06. The summed E-state index contributed by atoms with van der Waals surface area (Å²) in [4.78, 5) is 15.4. The highest BCUT2D eigenvalue weighted by Crippen LogP contribution is 2.46. The number of benzene rings is 1. The molecular formula is C17H20FN3O2. The van der Waals surface area contributed by atoms with Crippen molar-refractivity contribution in [3.05, 3.63) is 35.4 Å². The highest BCUT2D eigenvalue weighted by Gasteiger charge is 2.47. The van der Waals surface area contributed by atoms with Crippen molar-refractivity contribution >= 4 is 23.1 Å². The fourth-order valence-corrected chi connectivity index (χ4v) is 3.44. The van der Waals surface area contributed by atoms with Gasteiger partial charge < -0.3 is 15.0 Å². The Morgan fingerprint density at radius 2 is 2.30 bits per heavy atom. The van der Waals surface area contributed by atoms with E-state index in [4.69, 9.17) is 10.1 Å². The summed E-state index contributed by atoms with van der Waals surface area (Å²) >= 11 is 0. The largest absolute Gasteiger partial charge is 0.476 e. The standard InChI is InChI=1S/C17H20FN3O2/c1-10-6-7-17(10,19-2)16-20-13-5-4-11(8-12(18)15(22)23)9-14(13)21(16)3/h4-5,8-10,19H,6-7H2,1-3H3,(H,22,23)/b12-8-/t10-,17?/m1/s1. The maximum absolute atomic E-state index is 13.3. The second-order valence-electron chi connectivity index (χ2n) is 6.20. The van der Waals surface area contributed by atoms with Gasteiger partial charge in [-0.15, -0.1) is 0 Å². The number of hydrogen-bond donors (Lipinski definition) is 2. The van der Waals surface area contributed by atoms with E-state index in [9.17, 15) is 9.18 Å². The van der Waals surface area contributed by atoms with Crippen molar-refractivity contribution in [3.63, 3.8) is 0 Å². The number of aromatic nitrogens is 2. The number of aryl methyl sites for hydroxylation is 1. The zero-order valence-electron chi connectivity index (χ0n) is 13.4. The van der Waals surface area contributed by atoms with E-state index in [0.717, 1.165) is 35.8 Å². The van der Waals surface area contributed by atoms with Crippen LogP contribution in [0, 0.1) is 5.92 Å².